The van der Waals surface area contributed by atoms with Crippen molar-refractivity contribution in [1.82, 2.24) is 4.90 Å². The second kappa shape index (κ2) is 11.3. The van der Waals surface area contributed by atoms with Crippen LogP contribution in [0.25, 0.3) is 10.8 Å². The van der Waals surface area contributed by atoms with Crippen molar-refractivity contribution < 1.29 is 19.5 Å². The topological polar surface area (TPSA) is 77.9 Å². The van der Waals surface area contributed by atoms with Crippen molar-refractivity contribution in [2.45, 2.75) is 57.5 Å². The highest BCUT2D eigenvalue weighted by Crippen LogP contribution is 2.49. The predicted molar refractivity (Wildman–Crippen MR) is 162 cm³/mol. The Labute approximate surface area is 240 Å². The van der Waals surface area contributed by atoms with Crippen LogP contribution in [0.5, 0.6) is 0 Å². The molecule has 2 amide bonds. The first-order valence-corrected chi connectivity index (χ1v) is 15.0. The van der Waals surface area contributed by atoms with E-state index >= 15 is 0 Å². The lowest BCUT2D eigenvalue weighted by Gasteiger charge is -2.33. The average Bonchev–Trinajstić information content (AvgIpc) is 3.02. The van der Waals surface area contributed by atoms with E-state index in [-0.39, 0.29) is 35.4 Å². The van der Waals surface area contributed by atoms with Gasteiger partial charge in [-0.05, 0) is 53.1 Å². The molecule has 0 bridgehead atoms. The van der Waals surface area contributed by atoms with E-state index in [0.29, 0.717) is 25.9 Å². The molecule has 40 heavy (non-hydrogen) atoms. The lowest BCUT2D eigenvalue weighted by molar-refractivity contribution is -0.146. The molecule has 6 nitrogen and oxygen atoms in total. The number of anilines is 1. The highest BCUT2D eigenvalue weighted by molar-refractivity contribution is 8.01. The number of thioether (sulfide) groups is 1. The number of fused-ring (bicyclic) bond motifs is 2. The molecule has 0 saturated carbocycles. The molecular weight excluding hydrogens is 520 g/mol. The Kier molecular flexibility index (Phi) is 7.96. The third-order valence-corrected chi connectivity index (χ3v) is 9.30. The van der Waals surface area contributed by atoms with Crippen LogP contribution in [0.3, 0.4) is 0 Å². The first kappa shape index (κ1) is 28.2. The van der Waals surface area contributed by atoms with Crippen molar-refractivity contribution in [2.75, 3.05) is 24.5 Å². The van der Waals surface area contributed by atoms with Gasteiger partial charge in [-0.15, -0.1) is 11.8 Å². The van der Waals surface area contributed by atoms with Crippen LogP contribution >= 0.6 is 11.8 Å². The summed E-state index contributed by atoms with van der Waals surface area (Å²) in [6.07, 6.45) is 1.28. The van der Waals surface area contributed by atoms with Gasteiger partial charge in [-0.1, -0.05) is 80.9 Å². The summed E-state index contributed by atoms with van der Waals surface area (Å²) >= 11 is 1.55. The number of benzene rings is 3. The number of carbonyl (C=O) groups excluding carboxylic acids is 2. The molecule has 2 aliphatic rings. The predicted octanol–water partition coefficient (Wildman–Crippen LogP) is 6.45. The van der Waals surface area contributed by atoms with Gasteiger partial charge in [0.25, 0.3) is 0 Å². The molecule has 7 heteroatoms. The van der Waals surface area contributed by atoms with E-state index in [9.17, 15) is 19.5 Å². The molecule has 1 N–H and O–H groups in total. The van der Waals surface area contributed by atoms with Gasteiger partial charge in [0.05, 0.1) is 16.4 Å². The smallest absolute Gasteiger partial charge is 0.308 e. The number of carboxylic acids is 1. The summed E-state index contributed by atoms with van der Waals surface area (Å²) in [5, 5.41) is 11.1. The fourth-order valence-corrected chi connectivity index (χ4v) is 7.40. The van der Waals surface area contributed by atoms with Crippen LogP contribution in [0.1, 0.15) is 62.0 Å². The first-order valence-electron chi connectivity index (χ1n) is 14.1. The van der Waals surface area contributed by atoms with Crippen LogP contribution in [0.2, 0.25) is 0 Å². The Morgan fingerprint density at radius 1 is 1.02 bits per heavy atom. The number of aryl methyl sites for hydroxylation is 1. The average molecular weight is 559 g/mol. The van der Waals surface area contributed by atoms with Crippen molar-refractivity contribution in [1.29, 1.82) is 0 Å². The Morgan fingerprint density at radius 3 is 2.52 bits per heavy atom. The number of hydrogen-bond donors (Lipinski definition) is 1. The zero-order valence-corrected chi connectivity index (χ0v) is 24.5. The van der Waals surface area contributed by atoms with E-state index in [2.05, 4.69) is 76.2 Å². The van der Waals surface area contributed by atoms with E-state index in [0.717, 1.165) is 33.2 Å². The standard InChI is InChI=1S/C33H38N2O4S/c1-21-14-15-27-26(17-21)30(25-13-7-10-22-9-5-6-12-24(22)25)40-28(31(37)35(27)20-33(2,3)4)18-29(36)34-16-8-11-23(19-34)32(38)39/h5-7,9-10,12-15,17,23,28,30H,8,11,16,18-20H2,1-4H3,(H,38,39). The summed E-state index contributed by atoms with van der Waals surface area (Å²) < 4.78 is 0. The van der Waals surface area contributed by atoms with Gasteiger partial charge < -0.3 is 14.9 Å². The zero-order chi connectivity index (χ0) is 28.6. The van der Waals surface area contributed by atoms with Gasteiger partial charge >= 0.3 is 5.97 Å². The largest absolute Gasteiger partial charge is 0.481 e. The zero-order valence-electron chi connectivity index (χ0n) is 23.7. The Balaban J connectivity index is 1.59. The minimum Gasteiger partial charge on any atom is -0.481 e. The number of hydrogen-bond acceptors (Lipinski definition) is 4. The quantitative estimate of drug-likeness (QED) is 0.390. The van der Waals surface area contributed by atoms with Gasteiger partial charge in [-0.2, -0.15) is 0 Å². The maximum absolute atomic E-state index is 14.3. The van der Waals surface area contributed by atoms with Gasteiger partial charge in [-0.25, -0.2) is 0 Å². The summed E-state index contributed by atoms with van der Waals surface area (Å²) in [4.78, 5) is 43.1. The summed E-state index contributed by atoms with van der Waals surface area (Å²) in [5.41, 5.74) is 4.07. The number of amides is 2. The minimum atomic E-state index is -0.865. The summed E-state index contributed by atoms with van der Waals surface area (Å²) in [6.45, 7) is 9.70. The van der Waals surface area contributed by atoms with Gasteiger partial charge in [0.15, 0.2) is 0 Å². The van der Waals surface area contributed by atoms with Crippen LogP contribution in [0.4, 0.5) is 5.69 Å². The molecule has 210 valence electrons. The van der Waals surface area contributed by atoms with E-state index in [1.54, 1.807) is 16.7 Å². The highest BCUT2D eigenvalue weighted by atomic mass is 32.2. The fraction of sp³-hybridized carbons (Fsp3) is 0.424. The van der Waals surface area contributed by atoms with Crippen molar-refractivity contribution in [3.63, 3.8) is 0 Å². The number of carboxylic acid groups (broad SMARTS) is 1. The molecule has 2 aliphatic heterocycles. The molecule has 0 aromatic heterocycles. The molecule has 3 unspecified atom stereocenters. The van der Waals surface area contributed by atoms with Crippen LogP contribution in [0.15, 0.2) is 60.7 Å². The SMILES string of the molecule is Cc1ccc2c(c1)C(c1cccc3ccccc13)SC(CC(=O)N1CCCC(C(=O)O)C1)C(=O)N2CC(C)(C)C. The number of rotatable bonds is 5. The van der Waals surface area contributed by atoms with E-state index in [4.69, 9.17) is 0 Å². The number of carbonyl (C=O) groups is 3. The molecule has 3 atom stereocenters. The lowest BCUT2D eigenvalue weighted by atomic mass is 9.93. The molecule has 0 spiro atoms. The van der Waals surface area contributed by atoms with Crippen molar-refractivity contribution >= 4 is 46.0 Å². The van der Waals surface area contributed by atoms with Crippen molar-refractivity contribution in [3.8, 4) is 0 Å². The molecule has 3 aromatic carbocycles. The highest BCUT2D eigenvalue weighted by Gasteiger charge is 2.40. The molecular formula is C33H38N2O4S. The van der Waals surface area contributed by atoms with Crippen molar-refractivity contribution in [3.05, 3.63) is 77.4 Å². The summed E-state index contributed by atoms with van der Waals surface area (Å²) in [5.74, 6) is -1.63. The molecule has 3 aromatic rings. The molecule has 0 radical (unpaired) electrons. The maximum Gasteiger partial charge on any atom is 0.308 e. The second-order valence-corrected chi connectivity index (χ2v) is 13.7. The maximum atomic E-state index is 14.3. The monoisotopic (exact) mass is 558 g/mol. The van der Waals surface area contributed by atoms with Crippen LogP contribution in [-0.4, -0.2) is 52.7 Å². The molecule has 1 saturated heterocycles. The minimum absolute atomic E-state index is 0.0463. The van der Waals surface area contributed by atoms with Crippen LogP contribution in [-0.2, 0) is 14.4 Å². The molecule has 1 fully saturated rings. The summed E-state index contributed by atoms with van der Waals surface area (Å²) in [6, 6.07) is 20.9. The Hall–Kier alpha value is -3.32. The van der Waals surface area contributed by atoms with Crippen LogP contribution < -0.4 is 4.90 Å². The van der Waals surface area contributed by atoms with Gasteiger partial charge in [-0.3, -0.25) is 14.4 Å². The van der Waals surface area contributed by atoms with E-state index < -0.39 is 17.1 Å². The second-order valence-electron chi connectivity index (χ2n) is 12.3. The number of piperidine rings is 1. The number of likely N-dealkylation sites (tertiary alicyclic amines) is 1. The van der Waals surface area contributed by atoms with E-state index in [1.807, 2.05) is 17.0 Å². The third kappa shape index (κ3) is 5.90. The number of aliphatic carboxylic acids is 1. The van der Waals surface area contributed by atoms with E-state index in [1.165, 1.54) is 0 Å². The Bertz CT molecular complexity index is 1440. The van der Waals surface area contributed by atoms with Gasteiger partial charge in [0.2, 0.25) is 11.8 Å². The third-order valence-electron chi connectivity index (χ3n) is 7.82. The molecule has 0 aliphatic carbocycles. The lowest BCUT2D eigenvalue weighted by Crippen LogP contribution is -2.46. The molecule has 5 rings (SSSR count). The summed E-state index contributed by atoms with van der Waals surface area (Å²) in [7, 11) is 0. The van der Waals surface area contributed by atoms with Crippen molar-refractivity contribution in [2.24, 2.45) is 11.3 Å². The molecule has 2 heterocycles. The number of nitrogens with zero attached hydrogens (tertiary/aromatic N) is 2. The van der Waals surface area contributed by atoms with Crippen LogP contribution in [0, 0.1) is 18.3 Å². The fourth-order valence-electron chi connectivity index (χ4n) is 5.90. The Morgan fingerprint density at radius 2 is 1.77 bits per heavy atom. The van der Waals surface area contributed by atoms with Gasteiger partial charge in [0.1, 0.15) is 0 Å². The normalized spacial score (nSPS) is 21.7. The first-order chi connectivity index (χ1) is 19.0. The van der Waals surface area contributed by atoms with Gasteiger partial charge in [0, 0.05) is 31.7 Å².